The summed E-state index contributed by atoms with van der Waals surface area (Å²) in [5.74, 6) is 0.233. The molecule has 1 saturated carbocycles. The molecule has 1 aliphatic rings. The van der Waals surface area contributed by atoms with Gasteiger partial charge in [0.15, 0.2) is 0 Å². The first kappa shape index (κ1) is 22.1. The Kier molecular flexibility index (Phi) is 10.3. The van der Waals surface area contributed by atoms with Crippen LogP contribution in [0.2, 0.25) is 0 Å². The van der Waals surface area contributed by atoms with Crippen LogP contribution in [0.5, 0.6) is 0 Å². The van der Waals surface area contributed by atoms with E-state index in [1.165, 1.54) is 7.11 Å². The molecule has 5 atom stereocenters. The smallest absolute Gasteiger partial charge is 0.305 e. The molecule has 1 fully saturated rings. The zero-order valence-corrected chi connectivity index (χ0v) is 16.1. The predicted octanol–water partition coefficient (Wildman–Crippen LogP) is 3.25. The lowest BCUT2D eigenvalue weighted by Gasteiger charge is -2.24. The Morgan fingerprint density at radius 1 is 1.08 bits per heavy atom. The maximum Gasteiger partial charge on any atom is 0.305 e. The molecule has 1 rings (SSSR count). The number of esters is 1. The van der Waals surface area contributed by atoms with Gasteiger partial charge in [-0.15, -0.1) is 0 Å². The second kappa shape index (κ2) is 11.6. The van der Waals surface area contributed by atoms with Crippen LogP contribution in [0.4, 0.5) is 0 Å². The van der Waals surface area contributed by atoms with E-state index >= 15 is 0 Å². The molecule has 2 N–H and O–H groups in total. The summed E-state index contributed by atoms with van der Waals surface area (Å²) in [7, 11) is 1.39. The van der Waals surface area contributed by atoms with Gasteiger partial charge in [-0.1, -0.05) is 26.7 Å². The Bertz CT molecular complexity index is 409. The summed E-state index contributed by atoms with van der Waals surface area (Å²) < 4.78 is 4.69. The second-order valence-electron chi connectivity index (χ2n) is 7.70. The molecule has 5 heteroatoms. The first-order valence-corrected chi connectivity index (χ1v) is 9.83. The average molecular weight is 357 g/mol. The van der Waals surface area contributed by atoms with Crippen molar-refractivity contribution in [1.82, 2.24) is 0 Å². The first-order valence-electron chi connectivity index (χ1n) is 9.83. The summed E-state index contributed by atoms with van der Waals surface area (Å²) in [5, 5.41) is 20.5. The fourth-order valence-corrected chi connectivity index (χ4v) is 3.95. The topological polar surface area (TPSA) is 83.8 Å². The van der Waals surface area contributed by atoms with Crippen molar-refractivity contribution in [1.29, 1.82) is 0 Å². The van der Waals surface area contributed by atoms with Gasteiger partial charge in [-0.05, 0) is 49.9 Å². The van der Waals surface area contributed by atoms with Crippen molar-refractivity contribution < 1.29 is 24.5 Å². The second-order valence-corrected chi connectivity index (χ2v) is 7.70. The highest BCUT2D eigenvalue weighted by Gasteiger charge is 2.41. The molecule has 5 unspecified atom stereocenters. The van der Waals surface area contributed by atoms with Crippen molar-refractivity contribution >= 4 is 11.8 Å². The van der Waals surface area contributed by atoms with Crippen LogP contribution in [0.3, 0.4) is 0 Å². The molecule has 5 nitrogen and oxygen atoms in total. The molecule has 0 aromatic rings. The number of carbonyl (C=O) groups is 2. The lowest BCUT2D eigenvalue weighted by molar-refractivity contribution is -0.141. The highest BCUT2D eigenvalue weighted by molar-refractivity contribution is 5.78. The summed E-state index contributed by atoms with van der Waals surface area (Å²) in [4.78, 5) is 23.3. The van der Waals surface area contributed by atoms with Gasteiger partial charge in [0.1, 0.15) is 5.78 Å². The molecule has 0 radical (unpaired) electrons. The molecule has 25 heavy (non-hydrogen) atoms. The monoisotopic (exact) mass is 356 g/mol. The molecule has 1 aliphatic carbocycles. The lowest BCUT2D eigenvalue weighted by Crippen LogP contribution is -2.24. The molecule has 0 bridgehead atoms. The summed E-state index contributed by atoms with van der Waals surface area (Å²) in [5.41, 5.74) is 0. The number of hydrogen-bond acceptors (Lipinski definition) is 5. The van der Waals surface area contributed by atoms with Gasteiger partial charge in [-0.25, -0.2) is 0 Å². The van der Waals surface area contributed by atoms with Gasteiger partial charge in [-0.2, -0.15) is 0 Å². The van der Waals surface area contributed by atoms with Crippen LogP contribution < -0.4 is 0 Å². The Morgan fingerprint density at radius 3 is 2.32 bits per heavy atom. The van der Waals surface area contributed by atoms with E-state index in [0.29, 0.717) is 32.1 Å². The van der Waals surface area contributed by atoms with Gasteiger partial charge < -0.3 is 14.9 Å². The fraction of sp³-hybridized carbons (Fsp3) is 0.900. The number of Topliss-reactive ketones (excluding diaryl/α,β-unsaturated/α-hetero) is 1. The highest BCUT2D eigenvalue weighted by atomic mass is 16.5. The Hall–Kier alpha value is -0.940. The van der Waals surface area contributed by atoms with Crippen molar-refractivity contribution in [2.45, 2.75) is 90.3 Å². The van der Waals surface area contributed by atoms with Gasteiger partial charge in [0.05, 0.1) is 19.3 Å². The fourth-order valence-electron chi connectivity index (χ4n) is 3.95. The number of aliphatic hydroxyl groups excluding tert-OH is 2. The molecule has 146 valence electrons. The molecule has 0 aromatic heterocycles. The van der Waals surface area contributed by atoms with Crippen LogP contribution in [0.1, 0.15) is 78.1 Å². The van der Waals surface area contributed by atoms with E-state index in [1.54, 1.807) is 0 Å². The third-order valence-corrected chi connectivity index (χ3v) is 5.57. The van der Waals surface area contributed by atoms with Crippen LogP contribution in [0, 0.1) is 17.8 Å². The summed E-state index contributed by atoms with van der Waals surface area (Å²) >= 11 is 0. The number of hydrogen-bond donors (Lipinski definition) is 2. The lowest BCUT2D eigenvalue weighted by atomic mass is 9.83. The van der Waals surface area contributed by atoms with Crippen LogP contribution >= 0.6 is 0 Å². The third-order valence-electron chi connectivity index (χ3n) is 5.57. The SMILES string of the molecule is CCCCCC(=O)CCC1C(O)CC(O)C1CCC(C)CC(=O)OC. The number of carbonyl (C=O) groups excluding carboxylic acids is 2. The number of unbranched alkanes of at least 4 members (excludes halogenated alkanes) is 2. The van der Waals surface area contributed by atoms with E-state index in [-0.39, 0.29) is 29.5 Å². The standard InChI is InChI=1S/C20H36O5/c1-4-5-6-7-15(21)9-11-17-16(18(22)13-19(17)23)10-8-14(2)12-20(24)25-3/h14,16-19,22-23H,4-13H2,1-3H3. The molecular formula is C20H36O5. The van der Waals surface area contributed by atoms with Crippen molar-refractivity contribution in [3.63, 3.8) is 0 Å². The van der Waals surface area contributed by atoms with Crippen LogP contribution in [0.15, 0.2) is 0 Å². The average Bonchev–Trinajstić information content (AvgIpc) is 2.84. The zero-order chi connectivity index (χ0) is 18.8. The van der Waals surface area contributed by atoms with Gasteiger partial charge in [-0.3, -0.25) is 9.59 Å². The van der Waals surface area contributed by atoms with Crippen LogP contribution in [-0.4, -0.2) is 41.3 Å². The molecule has 0 aromatic carbocycles. The molecular weight excluding hydrogens is 320 g/mol. The first-order chi connectivity index (χ1) is 11.9. The van der Waals surface area contributed by atoms with Gasteiger partial charge in [0.2, 0.25) is 0 Å². The van der Waals surface area contributed by atoms with Crippen LogP contribution in [0.25, 0.3) is 0 Å². The minimum atomic E-state index is -0.528. The normalized spacial score (nSPS) is 27.2. The van der Waals surface area contributed by atoms with Gasteiger partial charge in [0.25, 0.3) is 0 Å². The Morgan fingerprint density at radius 2 is 1.72 bits per heavy atom. The minimum absolute atomic E-state index is 0.0125. The third kappa shape index (κ3) is 7.87. The minimum Gasteiger partial charge on any atom is -0.469 e. The van der Waals surface area contributed by atoms with E-state index in [0.717, 1.165) is 32.1 Å². The van der Waals surface area contributed by atoms with E-state index in [4.69, 9.17) is 4.74 Å². The maximum atomic E-state index is 12.0. The molecule has 0 amide bonds. The molecule has 0 heterocycles. The van der Waals surface area contributed by atoms with E-state index in [2.05, 4.69) is 6.92 Å². The highest BCUT2D eigenvalue weighted by Crippen LogP contribution is 2.39. The molecule has 0 saturated heterocycles. The van der Waals surface area contributed by atoms with Crippen molar-refractivity contribution in [3.8, 4) is 0 Å². The summed E-state index contributed by atoms with van der Waals surface area (Å²) in [6.45, 7) is 4.12. The van der Waals surface area contributed by atoms with E-state index in [9.17, 15) is 19.8 Å². The number of rotatable bonds is 12. The number of methoxy groups -OCH3 is 1. The van der Waals surface area contributed by atoms with E-state index in [1.807, 2.05) is 6.92 Å². The maximum absolute atomic E-state index is 12.0. The van der Waals surface area contributed by atoms with Crippen molar-refractivity contribution in [2.24, 2.45) is 17.8 Å². The number of ether oxygens (including phenoxy) is 1. The molecule has 0 aliphatic heterocycles. The molecule has 0 spiro atoms. The Balaban J connectivity index is 2.44. The van der Waals surface area contributed by atoms with Gasteiger partial charge >= 0.3 is 5.97 Å². The number of ketones is 1. The zero-order valence-electron chi connectivity index (χ0n) is 16.1. The Labute approximate surface area is 152 Å². The van der Waals surface area contributed by atoms with Crippen molar-refractivity contribution in [3.05, 3.63) is 0 Å². The quantitative estimate of drug-likeness (QED) is 0.414. The largest absolute Gasteiger partial charge is 0.469 e. The summed E-state index contributed by atoms with van der Waals surface area (Å²) in [6, 6.07) is 0. The number of aliphatic hydroxyl groups is 2. The van der Waals surface area contributed by atoms with Gasteiger partial charge in [0, 0.05) is 19.3 Å². The summed E-state index contributed by atoms with van der Waals surface area (Å²) in [6.07, 6.45) is 6.21. The van der Waals surface area contributed by atoms with Crippen molar-refractivity contribution in [2.75, 3.05) is 7.11 Å². The van der Waals surface area contributed by atoms with Crippen LogP contribution in [-0.2, 0) is 14.3 Å². The van der Waals surface area contributed by atoms with E-state index < -0.39 is 12.2 Å². The predicted molar refractivity (Wildman–Crippen MR) is 97.0 cm³/mol.